The summed E-state index contributed by atoms with van der Waals surface area (Å²) in [6.45, 7) is 4.27. The van der Waals surface area contributed by atoms with Gasteiger partial charge >= 0.3 is 0 Å². The van der Waals surface area contributed by atoms with Gasteiger partial charge in [-0.3, -0.25) is 4.79 Å². The standard InChI is InChI=1S/C19H25N3O3S.ClH/c1-14-8-9-17(12-18(14)19(23)21-11-10-15(2)20)26(24,25)22-13-16-6-4-3-5-7-16;/h3-9,12,15,22H,10-11,13,20H2,1-2H3,(H,21,23);1H. The molecule has 0 bridgehead atoms. The SMILES string of the molecule is Cc1ccc(S(=O)(=O)NCc2ccccc2)cc1C(=O)NCCC(C)N.Cl. The number of nitrogens with two attached hydrogens (primary N) is 1. The number of carbonyl (C=O) groups excluding carboxylic acids is 1. The molecule has 0 radical (unpaired) electrons. The molecule has 0 saturated carbocycles. The summed E-state index contributed by atoms with van der Waals surface area (Å²) in [5, 5.41) is 2.77. The molecule has 2 rings (SSSR count). The fraction of sp³-hybridized carbons (Fsp3) is 0.316. The Balaban J connectivity index is 0.00000364. The van der Waals surface area contributed by atoms with E-state index in [1.807, 2.05) is 37.3 Å². The van der Waals surface area contributed by atoms with E-state index in [9.17, 15) is 13.2 Å². The maximum absolute atomic E-state index is 12.5. The van der Waals surface area contributed by atoms with Crippen LogP contribution in [0.3, 0.4) is 0 Å². The molecule has 1 amide bonds. The lowest BCUT2D eigenvalue weighted by atomic mass is 10.1. The zero-order valence-corrected chi connectivity index (χ0v) is 17.1. The van der Waals surface area contributed by atoms with Gasteiger partial charge in [-0.05, 0) is 43.5 Å². The van der Waals surface area contributed by atoms with E-state index in [0.717, 1.165) is 5.56 Å². The predicted molar refractivity (Wildman–Crippen MR) is 109 cm³/mol. The van der Waals surface area contributed by atoms with Crippen molar-refractivity contribution in [3.05, 3.63) is 65.2 Å². The van der Waals surface area contributed by atoms with Gasteiger partial charge in [-0.1, -0.05) is 36.4 Å². The van der Waals surface area contributed by atoms with Crippen molar-refractivity contribution in [3.63, 3.8) is 0 Å². The highest BCUT2D eigenvalue weighted by atomic mass is 35.5. The number of hydrogen-bond donors (Lipinski definition) is 3. The van der Waals surface area contributed by atoms with E-state index >= 15 is 0 Å². The Labute approximate surface area is 167 Å². The van der Waals surface area contributed by atoms with Crippen molar-refractivity contribution in [2.75, 3.05) is 6.54 Å². The van der Waals surface area contributed by atoms with E-state index in [1.54, 1.807) is 13.0 Å². The second-order valence-electron chi connectivity index (χ2n) is 6.31. The smallest absolute Gasteiger partial charge is 0.251 e. The topological polar surface area (TPSA) is 101 Å². The molecule has 27 heavy (non-hydrogen) atoms. The van der Waals surface area contributed by atoms with Gasteiger partial charge in [0.2, 0.25) is 10.0 Å². The quantitative estimate of drug-likeness (QED) is 0.620. The van der Waals surface area contributed by atoms with E-state index in [0.29, 0.717) is 24.1 Å². The Morgan fingerprint density at radius 3 is 2.44 bits per heavy atom. The third-order valence-electron chi connectivity index (χ3n) is 3.96. The molecule has 4 N–H and O–H groups in total. The third-order valence-corrected chi connectivity index (χ3v) is 5.36. The predicted octanol–water partition coefficient (Wildman–Crippen LogP) is 2.36. The van der Waals surface area contributed by atoms with E-state index in [4.69, 9.17) is 5.73 Å². The van der Waals surface area contributed by atoms with Gasteiger partial charge < -0.3 is 11.1 Å². The van der Waals surface area contributed by atoms with Crippen molar-refractivity contribution < 1.29 is 13.2 Å². The van der Waals surface area contributed by atoms with Crippen LogP contribution in [0, 0.1) is 6.92 Å². The average Bonchev–Trinajstić information content (AvgIpc) is 2.60. The lowest BCUT2D eigenvalue weighted by molar-refractivity contribution is 0.0952. The van der Waals surface area contributed by atoms with Crippen LogP contribution in [0.15, 0.2) is 53.4 Å². The minimum atomic E-state index is -3.72. The molecule has 1 unspecified atom stereocenters. The Morgan fingerprint density at radius 2 is 1.81 bits per heavy atom. The van der Waals surface area contributed by atoms with Crippen LogP contribution >= 0.6 is 12.4 Å². The van der Waals surface area contributed by atoms with Gasteiger partial charge in [0.05, 0.1) is 4.90 Å². The van der Waals surface area contributed by atoms with Crippen LogP contribution in [-0.2, 0) is 16.6 Å². The molecule has 0 saturated heterocycles. The molecule has 148 valence electrons. The second-order valence-corrected chi connectivity index (χ2v) is 8.08. The van der Waals surface area contributed by atoms with Crippen LogP contribution in [0.25, 0.3) is 0 Å². The second kappa shape index (κ2) is 10.4. The van der Waals surface area contributed by atoms with Crippen LogP contribution in [0.1, 0.15) is 34.8 Å². The first-order chi connectivity index (χ1) is 12.3. The van der Waals surface area contributed by atoms with Gasteiger partial charge in [0.1, 0.15) is 0 Å². The summed E-state index contributed by atoms with van der Waals surface area (Å²) in [6.07, 6.45) is 0.654. The van der Waals surface area contributed by atoms with Crippen LogP contribution in [0.2, 0.25) is 0 Å². The molecule has 2 aromatic carbocycles. The van der Waals surface area contributed by atoms with Crippen LogP contribution in [0.4, 0.5) is 0 Å². The summed E-state index contributed by atoms with van der Waals surface area (Å²) in [4.78, 5) is 12.4. The molecule has 0 aliphatic rings. The fourth-order valence-corrected chi connectivity index (χ4v) is 3.42. The summed E-state index contributed by atoms with van der Waals surface area (Å²) in [5.41, 5.74) is 7.59. The number of carbonyl (C=O) groups is 1. The van der Waals surface area contributed by atoms with Gasteiger partial charge in [-0.15, -0.1) is 12.4 Å². The minimum Gasteiger partial charge on any atom is -0.352 e. The molecule has 0 aromatic heterocycles. The number of aryl methyl sites for hydroxylation is 1. The van der Waals surface area contributed by atoms with Gasteiger partial charge in [-0.2, -0.15) is 0 Å². The number of sulfonamides is 1. The van der Waals surface area contributed by atoms with E-state index in [1.165, 1.54) is 12.1 Å². The number of nitrogens with one attached hydrogen (secondary N) is 2. The highest BCUT2D eigenvalue weighted by Crippen LogP contribution is 2.16. The van der Waals surface area contributed by atoms with Crippen LogP contribution in [0.5, 0.6) is 0 Å². The maximum atomic E-state index is 12.5. The number of amides is 1. The Kier molecular flexibility index (Phi) is 8.92. The summed E-state index contributed by atoms with van der Waals surface area (Å²) in [6, 6.07) is 13.8. The molecule has 0 fully saturated rings. The first-order valence-electron chi connectivity index (χ1n) is 8.47. The van der Waals surface area contributed by atoms with Crippen molar-refractivity contribution in [1.29, 1.82) is 0 Å². The number of rotatable bonds is 8. The Bertz CT molecular complexity index is 856. The van der Waals surface area contributed by atoms with Crippen molar-refractivity contribution in [3.8, 4) is 0 Å². The monoisotopic (exact) mass is 411 g/mol. The molecular formula is C19H26ClN3O3S. The molecule has 0 aliphatic carbocycles. The van der Waals surface area contributed by atoms with Gasteiger partial charge in [0.25, 0.3) is 5.91 Å². The molecule has 1 atom stereocenters. The number of benzene rings is 2. The van der Waals surface area contributed by atoms with Crippen LogP contribution < -0.4 is 15.8 Å². The molecule has 0 heterocycles. The molecule has 2 aromatic rings. The molecule has 6 nitrogen and oxygen atoms in total. The first kappa shape index (κ1) is 23.1. The zero-order valence-electron chi connectivity index (χ0n) is 15.4. The number of hydrogen-bond acceptors (Lipinski definition) is 4. The minimum absolute atomic E-state index is 0. The molecule has 0 spiro atoms. The summed E-state index contributed by atoms with van der Waals surface area (Å²) < 4.78 is 27.6. The van der Waals surface area contributed by atoms with Crippen molar-refractivity contribution >= 4 is 28.3 Å². The van der Waals surface area contributed by atoms with Crippen molar-refractivity contribution in [2.45, 2.75) is 37.8 Å². The maximum Gasteiger partial charge on any atom is 0.251 e. The first-order valence-corrected chi connectivity index (χ1v) is 9.96. The zero-order chi connectivity index (χ0) is 19.2. The van der Waals surface area contributed by atoms with E-state index in [2.05, 4.69) is 10.0 Å². The van der Waals surface area contributed by atoms with Crippen LogP contribution in [-0.4, -0.2) is 26.9 Å². The van der Waals surface area contributed by atoms with Gasteiger partial charge in [0, 0.05) is 24.7 Å². The highest BCUT2D eigenvalue weighted by molar-refractivity contribution is 7.89. The summed E-state index contributed by atoms with van der Waals surface area (Å²) in [7, 11) is -3.72. The van der Waals surface area contributed by atoms with E-state index < -0.39 is 10.0 Å². The van der Waals surface area contributed by atoms with Crippen molar-refractivity contribution in [2.24, 2.45) is 5.73 Å². The molecular weight excluding hydrogens is 386 g/mol. The lowest BCUT2D eigenvalue weighted by Crippen LogP contribution is -2.30. The molecule has 0 aliphatic heterocycles. The summed E-state index contributed by atoms with van der Waals surface area (Å²) >= 11 is 0. The third kappa shape index (κ3) is 6.95. The van der Waals surface area contributed by atoms with Crippen molar-refractivity contribution in [1.82, 2.24) is 10.0 Å². The van der Waals surface area contributed by atoms with Gasteiger partial charge in [-0.25, -0.2) is 13.1 Å². The Hall–Kier alpha value is -1.93. The normalized spacial score (nSPS) is 12.1. The molecule has 8 heteroatoms. The average molecular weight is 412 g/mol. The highest BCUT2D eigenvalue weighted by Gasteiger charge is 2.18. The Morgan fingerprint density at radius 1 is 1.15 bits per heavy atom. The lowest BCUT2D eigenvalue weighted by Gasteiger charge is -2.12. The summed E-state index contributed by atoms with van der Waals surface area (Å²) in [5.74, 6) is -0.303. The van der Waals surface area contributed by atoms with E-state index in [-0.39, 0.29) is 35.8 Å². The fourth-order valence-electron chi connectivity index (χ4n) is 2.38. The van der Waals surface area contributed by atoms with Gasteiger partial charge in [0.15, 0.2) is 0 Å². The number of halogens is 1. The largest absolute Gasteiger partial charge is 0.352 e.